The molecule has 0 unspecified atom stereocenters. The van der Waals surface area contributed by atoms with Gasteiger partial charge >= 0.3 is 5.97 Å². The van der Waals surface area contributed by atoms with E-state index in [0.717, 1.165) is 16.7 Å². The van der Waals surface area contributed by atoms with Crippen molar-refractivity contribution >= 4 is 21.9 Å². The lowest BCUT2D eigenvalue weighted by Crippen LogP contribution is -2.51. The Balaban J connectivity index is 1.58. The van der Waals surface area contributed by atoms with Gasteiger partial charge in [-0.15, -0.1) is 0 Å². The van der Waals surface area contributed by atoms with E-state index >= 15 is 0 Å². The number of aryl methyl sites for hydroxylation is 3. The number of benzene rings is 1. The van der Waals surface area contributed by atoms with Gasteiger partial charge in [0.2, 0.25) is 10.0 Å². The lowest BCUT2D eigenvalue weighted by Gasteiger charge is -2.36. The number of ether oxygens (including phenoxy) is 2. The third-order valence-electron chi connectivity index (χ3n) is 6.36. The molecule has 0 bridgehead atoms. The van der Waals surface area contributed by atoms with Crippen molar-refractivity contribution in [3.63, 3.8) is 0 Å². The van der Waals surface area contributed by atoms with Gasteiger partial charge in [0.25, 0.3) is 5.91 Å². The quantitative estimate of drug-likeness (QED) is 0.602. The van der Waals surface area contributed by atoms with Crippen molar-refractivity contribution < 1.29 is 27.5 Å². The second-order valence-corrected chi connectivity index (χ2v) is 11.4. The molecule has 2 heterocycles. The Kier molecular flexibility index (Phi) is 7.86. The first-order valence-electron chi connectivity index (χ1n) is 11.6. The van der Waals surface area contributed by atoms with Gasteiger partial charge in [0.05, 0.1) is 23.0 Å². The smallest absolute Gasteiger partial charge is 0.309 e. The fraction of sp³-hybridized carbons (Fsp3) is 0.667. The van der Waals surface area contributed by atoms with Gasteiger partial charge in [-0.05, 0) is 65.5 Å². The average Bonchev–Trinajstić information content (AvgIpc) is 2.71. The summed E-state index contributed by atoms with van der Waals surface area (Å²) in [6.45, 7) is 12.4. The summed E-state index contributed by atoms with van der Waals surface area (Å²) in [4.78, 5) is 27.5. The molecule has 33 heavy (non-hydrogen) atoms. The average molecular weight is 481 g/mol. The number of hydrogen-bond donors (Lipinski definition) is 0. The molecule has 2 fully saturated rings. The molecule has 2 saturated heterocycles. The lowest BCUT2D eigenvalue weighted by molar-refractivity contribution is -0.167. The minimum Gasteiger partial charge on any atom is -0.452 e. The van der Waals surface area contributed by atoms with Crippen LogP contribution >= 0.6 is 0 Å². The van der Waals surface area contributed by atoms with Crippen molar-refractivity contribution in [3.8, 4) is 0 Å². The molecule has 1 amide bonds. The molecule has 184 valence electrons. The number of carbonyl (C=O) groups is 2. The second kappa shape index (κ2) is 10.1. The molecular weight excluding hydrogens is 444 g/mol. The zero-order chi connectivity index (χ0) is 24.5. The maximum Gasteiger partial charge on any atom is 0.309 e. The number of hydrogen-bond acceptors (Lipinski definition) is 6. The number of morpholine rings is 1. The summed E-state index contributed by atoms with van der Waals surface area (Å²) in [5.74, 6) is -1.09. The SMILES string of the molecule is Cc1cc(C)c(S(=O)(=O)N2CCC(C(=O)O[C@H](C)C(=O)N3C[C@@H](C)O[C@@H](C)C3)CC2)c(C)c1. The van der Waals surface area contributed by atoms with Crippen LogP contribution in [-0.4, -0.2) is 74.0 Å². The van der Waals surface area contributed by atoms with Crippen LogP contribution in [0.5, 0.6) is 0 Å². The minimum absolute atomic E-state index is 0.0623. The van der Waals surface area contributed by atoms with Crippen LogP contribution < -0.4 is 0 Å². The molecule has 3 atom stereocenters. The van der Waals surface area contributed by atoms with Crippen molar-refractivity contribution in [1.82, 2.24) is 9.21 Å². The third kappa shape index (κ3) is 5.75. The van der Waals surface area contributed by atoms with Crippen molar-refractivity contribution in [1.29, 1.82) is 0 Å². The van der Waals surface area contributed by atoms with Gasteiger partial charge in [-0.1, -0.05) is 17.7 Å². The van der Waals surface area contributed by atoms with Crippen LogP contribution in [0.1, 0.15) is 50.3 Å². The largest absolute Gasteiger partial charge is 0.452 e. The molecule has 1 aromatic carbocycles. The van der Waals surface area contributed by atoms with Crippen LogP contribution in [0.15, 0.2) is 17.0 Å². The van der Waals surface area contributed by atoms with E-state index < -0.39 is 28.0 Å². The Hall–Kier alpha value is -1.97. The highest BCUT2D eigenvalue weighted by Gasteiger charge is 2.36. The second-order valence-electron chi connectivity index (χ2n) is 9.49. The van der Waals surface area contributed by atoms with Gasteiger partial charge in [-0.2, -0.15) is 4.31 Å². The van der Waals surface area contributed by atoms with Crippen LogP contribution in [0.2, 0.25) is 0 Å². The first-order valence-corrected chi connectivity index (χ1v) is 13.1. The van der Waals surface area contributed by atoms with Crippen molar-refractivity contribution in [2.75, 3.05) is 26.2 Å². The van der Waals surface area contributed by atoms with Gasteiger partial charge in [-0.25, -0.2) is 8.42 Å². The highest BCUT2D eigenvalue weighted by molar-refractivity contribution is 7.89. The first kappa shape index (κ1) is 25.6. The van der Waals surface area contributed by atoms with Crippen LogP contribution in [-0.2, 0) is 29.1 Å². The molecular formula is C24H36N2O6S. The highest BCUT2D eigenvalue weighted by atomic mass is 32.2. The molecule has 2 aliphatic rings. The fourth-order valence-electron chi connectivity index (χ4n) is 4.97. The number of sulfonamides is 1. The fourth-order valence-corrected chi connectivity index (χ4v) is 6.85. The van der Waals surface area contributed by atoms with Gasteiger partial charge in [0, 0.05) is 26.2 Å². The molecule has 0 radical (unpaired) electrons. The summed E-state index contributed by atoms with van der Waals surface area (Å²) in [5.41, 5.74) is 2.48. The molecule has 0 N–H and O–H groups in total. The van der Waals surface area contributed by atoms with Gasteiger partial charge in [0.1, 0.15) is 0 Å². The number of amides is 1. The molecule has 1 aromatic rings. The topological polar surface area (TPSA) is 93.2 Å². The number of piperidine rings is 1. The molecule has 3 rings (SSSR count). The van der Waals surface area contributed by atoms with E-state index in [1.165, 1.54) is 4.31 Å². The van der Waals surface area contributed by atoms with Gasteiger partial charge in [0.15, 0.2) is 6.10 Å². The molecule has 0 aliphatic carbocycles. The molecule has 2 aliphatic heterocycles. The van der Waals surface area contributed by atoms with Crippen LogP contribution in [0.3, 0.4) is 0 Å². The first-order chi connectivity index (χ1) is 15.4. The summed E-state index contributed by atoms with van der Waals surface area (Å²) in [6.07, 6.45) is -0.265. The monoisotopic (exact) mass is 480 g/mol. The summed E-state index contributed by atoms with van der Waals surface area (Å²) in [5, 5.41) is 0. The number of esters is 1. The summed E-state index contributed by atoms with van der Waals surface area (Å²) in [6, 6.07) is 3.75. The van der Waals surface area contributed by atoms with E-state index in [1.807, 2.05) is 46.8 Å². The summed E-state index contributed by atoms with van der Waals surface area (Å²) in [7, 11) is -3.64. The zero-order valence-electron chi connectivity index (χ0n) is 20.5. The Morgan fingerprint density at radius 1 is 1.03 bits per heavy atom. The number of carbonyl (C=O) groups excluding carboxylic acids is 2. The van der Waals surface area contributed by atoms with Crippen molar-refractivity contribution in [3.05, 3.63) is 28.8 Å². The van der Waals surface area contributed by atoms with E-state index in [9.17, 15) is 18.0 Å². The van der Waals surface area contributed by atoms with Crippen LogP contribution in [0, 0.1) is 26.7 Å². The number of rotatable bonds is 5. The molecule has 0 saturated carbocycles. The van der Waals surface area contributed by atoms with Crippen molar-refractivity contribution in [2.24, 2.45) is 5.92 Å². The minimum atomic E-state index is -3.64. The highest BCUT2D eigenvalue weighted by Crippen LogP contribution is 2.29. The predicted octanol–water partition coefficient (Wildman–Crippen LogP) is 2.58. The van der Waals surface area contributed by atoms with E-state index in [4.69, 9.17) is 9.47 Å². The van der Waals surface area contributed by atoms with E-state index in [0.29, 0.717) is 30.8 Å². The van der Waals surface area contributed by atoms with Crippen molar-refractivity contribution in [2.45, 2.75) is 77.6 Å². The van der Waals surface area contributed by atoms with Gasteiger partial charge in [-0.3, -0.25) is 9.59 Å². The molecule has 0 spiro atoms. The molecule has 9 heteroatoms. The van der Waals surface area contributed by atoms with Gasteiger partial charge < -0.3 is 14.4 Å². The van der Waals surface area contributed by atoms with E-state index in [-0.39, 0.29) is 31.2 Å². The van der Waals surface area contributed by atoms with Crippen LogP contribution in [0.25, 0.3) is 0 Å². The van der Waals surface area contributed by atoms with E-state index in [2.05, 4.69) is 0 Å². The standard InChI is InChI=1S/C24H36N2O6S/c1-15-11-16(2)22(17(3)12-15)33(29,30)26-9-7-21(8-10-26)24(28)32-20(6)23(27)25-13-18(4)31-19(5)14-25/h11-12,18-21H,7-10,13-14H2,1-6H3/t18-,19+,20-/m1/s1. The van der Waals surface area contributed by atoms with E-state index in [1.54, 1.807) is 11.8 Å². The maximum atomic E-state index is 13.3. The Morgan fingerprint density at radius 3 is 2.06 bits per heavy atom. The summed E-state index contributed by atoms with van der Waals surface area (Å²) >= 11 is 0. The predicted molar refractivity (Wildman–Crippen MR) is 124 cm³/mol. The maximum absolute atomic E-state index is 13.3. The molecule has 0 aromatic heterocycles. The summed E-state index contributed by atoms with van der Waals surface area (Å²) < 4.78 is 39.1. The third-order valence-corrected chi connectivity index (χ3v) is 8.57. The number of nitrogens with zero attached hydrogens (tertiary/aromatic N) is 2. The Bertz CT molecular complexity index is 967. The lowest BCUT2D eigenvalue weighted by atomic mass is 9.98. The Morgan fingerprint density at radius 2 is 1.55 bits per heavy atom. The normalized spacial score (nSPS) is 23.9. The zero-order valence-corrected chi connectivity index (χ0v) is 21.3. The van der Waals surface area contributed by atoms with Crippen LogP contribution in [0.4, 0.5) is 0 Å². The Labute approximate surface area is 197 Å². The molecule has 8 nitrogen and oxygen atoms in total.